The highest BCUT2D eigenvalue weighted by Gasteiger charge is 2.26. The lowest BCUT2D eigenvalue weighted by atomic mass is 9.85. The average Bonchev–Trinajstić information content (AvgIpc) is 3.05. The first kappa shape index (κ1) is 24.5. The van der Waals surface area contributed by atoms with Gasteiger partial charge in [-0.2, -0.15) is 0 Å². The first-order chi connectivity index (χ1) is 15.2. The Kier molecular flexibility index (Phi) is 8.14. The summed E-state index contributed by atoms with van der Waals surface area (Å²) in [6, 6.07) is 0.770. The maximum atomic E-state index is 14.8. The third kappa shape index (κ3) is 5.99. The van der Waals surface area contributed by atoms with Crippen LogP contribution < -0.4 is 4.74 Å². The van der Waals surface area contributed by atoms with Crippen LogP contribution in [0.5, 0.6) is 5.75 Å². The molecule has 0 saturated heterocycles. The van der Waals surface area contributed by atoms with Gasteiger partial charge in [0, 0.05) is 32.6 Å². The number of hydrogen-bond donors (Lipinski definition) is 0. The van der Waals surface area contributed by atoms with Crippen LogP contribution in [0.25, 0.3) is 11.0 Å². The maximum absolute atomic E-state index is 14.8. The fraction of sp³-hybridized carbons (Fsp3) is 0.652. The lowest BCUT2D eigenvalue weighted by Crippen LogP contribution is -2.25. The number of fused-ring (bicyclic) bond motifs is 1. The molecule has 9 heteroatoms. The molecule has 2 aromatic rings. The number of benzene rings is 1. The lowest BCUT2D eigenvalue weighted by Gasteiger charge is -2.29. The van der Waals surface area contributed by atoms with Crippen molar-refractivity contribution in [1.29, 1.82) is 0 Å². The number of aryl methyl sites for hydroxylation is 1. The number of halogens is 4. The summed E-state index contributed by atoms with van der Waals surface area (Å²) < 4.78 is 66.2. The van der Waals surface area contributed by atoms with Gasteiger partial charge in [0.1, 0.15) is 29.2 Å². The van der Waals surface area contributed by atoms with Crippen molar-refractivity contribution < 1.29 is 31.8 Å². The highest BCUT2D eigenvalue weighted by Crippen LogP contribution is 2.33. The van der Waals surface area contributed by atoms with E-state index >= 15 is 0 Å². The SMILES string of the molecule is CC(=O)C[C@@H](C)COC1CCC(Cc2nc3c(F)cc(OCC(F)F)c(F)c3n2C)CC1. The average molecular weight is 458 g/mol. The third-order valence-corrected chi connectivity index (χ3v) is 5.98. The van der Waals surface area contributed by atoms with Crippen molar-refractivity contribution in [3.8, 4) is 5.75 Å². The Bertz CT molecular complexity index is 939. The van der Waals surface area contributed by atoms with Crippen molar-refractivity contribution in [2.24, 2.45) is 18.9 Å². The number of carbonyl (C=O) groups is 1. The summed E-state index contributed by atoms with van der Waals surface area (Å²) in [7, 11) is 1.59. The molecule has 1 aliphatic rings. The van der Waals surface area contributed by atoms with Gasteiger partial charge >= 0.3 is 0 Å². The minimum Gasteiger partial charge on any atom is -0.484 e. The molecule has 32 heavy (non-hydrogen) atoms. The second-order valence-electron chi connectivity index (χ2n) is 8.85. The molecule has 0 N–H and O–H groups in total. The molecule has 1 aromatic heterocycles. The second-order valence-corrected chi connectivity index (χ2v) is 8.85. The molecule has 1 atom stereocenters. The monoisotopic (exact) mass is 458 g/mol. The van der Waals surface area contributed by atoms with E-state index in [0.29, 0.717) is 31.2 Å². The van der Waals surface area contributed by atoms with Gasteiger partial charge < -0.3 is 18.8 Å². The van der Waals surface area contributed by atoms with E-state index in [9.17, 15) is 22.4 Å². The number of aromatic nitrogens is 2. The van der Waals surface area contributed by atoms with Crippen LogP contribution in [0.4, 0.5) is 17.6 Å². The van der Waals surface area contributed by atoms with E-state index < -0.39 is 30.4 Å². The van der Waals surface area contributed by atoms with Crippen molar-refractivity contribution >= 4 is 16.8 Å². The van der Waals surface area contributed by atoms with Gasteiger partial charge in [-0.1, -0.05) is 6.92 Å². The van der Waals surface area contributed by atoms with Crippen molar-refractivity contribution in [1.82, 2.24) is 9.55 Å². The summed E-state index contributed by atoms with van der Waals surface area (Å²) in [5.74, 6) is -1.02. The van der Waals surface area contributed by atoms with Crippen molar-refractivity contribution in [2.75, 3.05) is 13.2 Å². The molecule has 1 aromatic carbocycles. The van der Waals surface area contributed by atoms with Crippen LogP contribution in [-0.4, -0.2) is 41.1 Å². The highest BCUT2D eigenvalue weighted by molar-refractivity contribution is 5.79. The van der Waals surface area contributed by atoms with Crippen LogP contribution in [0.15, 0.2) is 6.07 Å². The molecule has 0 unspecified atom stereocenters. The summed E-state index contributed by atoms with van der Waals surface area (Å²) in [5.41, 5.74) is -0.207. The van der Waals surface area contributed by atoms with Crippen molar-refractivity contribution in [3.63, 3.8) is 0 Å². The number of rotatable bonds is 10. The first-order valence-corrected chi connectivity index (χ1v) is 11.0. The van der Waals surface area contributed by atoms with Crippen LogP contribution in [-0.2, 0) is 23.0 Å². The quantitative estimate of drug-likeness (QED) is 0.458. The van der Waals surface area contributed by atoms with Gasteiger partial charge in [0.2, 0.25) is 0 Å². The molecule has 0 radical (unpaired) electrons. The zero-order chi connectivity index (χ0) is 23.4. The number of ether oxygens (including phenoxy) is 2. The van der Waals surface area contributed by atoms with E-state index in [4.69, 9.17) is 9.47 Å². The third-order valence-electron chi connectivity index (χ3n) is 5.98. The Hall–Kier alpha value is -2.16. The van der Waals surface area contributed by atoms with Gasteiger partial charge in [-0.25, -0.2) is 22.5 Å². The fourth-order valence-electron chi connectivity index (χ4n) is 4.38. The number of imidazole rings is 1. The van der Waals surface area contributed by atoms with Gasteiger partial charge in [-0.05, 0) is 44.4 Å². The van der Waals surface area contributed by atoms with Gasteiger partial charge in [0.05, 0.1) is 6.10 Å². The summed E-state index contributed by atoms with van der Waals surface area (Å²) in [6.45, 7) is 3.14. The molecule has 0 spiro atoms. The summed E-state index contributed by atoms with van der Waals surface area (Å²) in [5, 5.41) is 0. The van der Waals surface area contributed by atoms with Crippen LogP contribution >= 0.6 is 0 Å². The normalized spacial score (nSPS) is 20.1. The van der Waals surface area contributed by atoms with Crippen LogP contribution in [0, 0.1) is 23.5 Å². The fourth-order valence-corrected chi connectivity index (χ4v) is 4.38. The molecular weight excluding hydrogens is 428 g/mol. The topological polar surface area (TPSA) is 53.4 Å². The van der Waals surface area contributed by atoms with Crippen LogP contribution in [0.3, 0.4) is 0 Å². The first-order valence-electron chi connectivity index (χ1n) is 11.0. The van der Waals surface area contributed by atoms with Crippen molar-refractivity contribution in [3.05, 3.63) is 23.5 Å². The summed E-state index contributed by atoms with van der Waals surface area (Å²) in [4.78, 5) is 15.5. The lowest BCUT2D eigenvalue weighted by molar-refractivity contribution is -0.118. The van der Waals surface area contributed by atoms with E-state index in [-0.39, 0.29) is 28.8 Å². The predicted octanol–water partition coefficient (Wildman–Crippen LogP) is 5.23. The number of nitrogens with zero attached hydrogens (tertiary/aromatic N) is 2. The molecular formula is C23H30F4N2O3. The molecule has 5 nitrogen and oxygen atoms in total. The highest BCUT2D eigenvalue weighted by atomic mass is 19.3. The van der Waals surface area contributed by atoms with Crippen LogP contribution in [0.2, 0.25) is 0 Å². The van der Waals surface area contributed by atoms with E-state index in [0.717, 1.165) is 31.7 Å². The van der Waals surface area contributed by atoms with Gasteiger partial charge in [0.25, 0.3) is 6.43 Å². The van der Waals surface area contributed by atoms with Gasteiger partial charge in [-0.15, -0.1) is 0 Å². The molecule has 1 aliphatic carbocycles. The zero-order valence-corrected chi connectivity index (χ0v) is 18.7. The smallest absolute Gasteiger partial charge is 0.272 e. The van der Waals surface area contributed by atoms with E-state index in [1.807, 2.05) is 6.92 Å². The number of ketones is 1. The molecule has 0 amide bonds. The summed E-state index contributed by atoms with van der Waals surface area (Å²) in [6.07, 6.45) is 2.03. The Labute approximate surface area is 185 Å². The minimum atomic E-state index is -2.79. The molecule has 1 saturated carbocycles. The van der Waals surface area contributed by atoms with E-state index in [2.05, 4.69) is 4.98 Å². The zero-order valence-electron chi connectivity index (χ0n) is 18.7. The molecule has 1 fully saturated rings. The number of Topliss-reactive ketones (excluding diaryl/α,β-unsaturated/α-hetero) is 1. The molecule has 1 heterocycles. The Morgan fingerprint density at radius 3 is 2.53 bits per heavy atom. The number of carbonyl (C=O) groups excluding carboxylic acids is 1. The Morgan fingerprint density at radius 1 is 1.22 bits per heavy atom. The van der Waals surface area contributed by atoms with E-state index in [1.165, 1.54) is 4.57 Å². The minimum absolute atomic E-state index is 0.0826. The largest absolute Gasteiger partial charge is 0.484 e. The standard InChI is InChI=1S/C23H30F4N2O3/c1-13(8-14(2)30)11-31-16-6-4-15(5-7-16)9-20-28-22-17(24)10-18(32-12-19(25)26)21(27)23(22)29(20)3/h10,13,15-16,19H,4-9,11-12H2,1-3H3/t13-,15?,16?/m1/s1. The molecule has 178 valence electrons. The Morgan fingerprint density at radius 2 is 1.91 bits per heavy atom. The Balaban J connectivity index is 1.62. The maximum Gasteiger partial charge on any atom is 0.272 e. The summed E-state index contributed by atoms with van der Waals surface area (Å²) >= 11 is 0. The molecule has 3 rings (SSSR count). The molecule has 0 bridgehead atoms. The van der Waals surface area contributed by atoms with Gasteiger partial charge in [-0.3, -0.25) is 0 Å². The van der Waals surface area contributed by atoms with Crippen LogP contribution in [0.1, 0.15) is 51.8 Å². The molecule has 0 aliphatic heterocycles. The predicted molar refractivity (Wildman–Crippen MR) is 112 cm³/mol. The van der Waals surface area contributed by atoms with E-state index in [1.54, 1.807) is 14.0 Å². The number of alkyl halides is 2. The number of hydrogen-bond acceptors (Lipinski definition) is 4. The van der Waals surface area contributed by atoms with Gasteiger partial charge in [0.15, 0.2) is 17.4 Å². The second kappa shape index (κ2) is 10.6. The van der Waals surface area contributed by atoms with Crippen molar-refractivity contribution in [2.45, 2.75) is 64.9 Å².